The fraction of sp³-hybridized carbons (Fsp3) is 0.385. The molecule has 0 fully saturated rings. The number of pyridine rings is 1. The molecule has 18 heavy (non-hydrogen) atoms. The number of aromatic nitrogens is 2. The third-order valence-corrected chi connectivity index (χ3v) is 2.87. The van der Waals surface area contributed by atoms with Gasteiger partial charge in [0.25, 0.3) is 0 Å². The Labute approximate surface area is 106 Å². The van der Waals surface area contributed by atoms with Gasteiger partial charge in [-0.15, -0.1) is 0 Å². The largest absolute Gasteiger partial charge is 0.476 e. The summed E-state index contributed by atoms with van der Waals surface area (Å²) in [7, 11) is 3.78. The van der Waals surface area contributed by atoms with Crippen LogP contribution in [0.4, 0.5) is 5.69 Å². The molecule has 5 heteroatoms. The first-order valence-corrected chi connectivity index (χ1v) is 5.85. The lowest BCUT2D eigenvalue weighted by molar-refractivity contribution is 0.0693. The van der Waals surface area contributed by atoms with E-state index in [9.17, 15) is 9.90 Å². The second kappa shape index (κ2) is 4.33. The molecule has 0 unspecified atom stereocenters. The molecule has 0 radical (unpaired) electrons. The highest BCUT2D eigenvalue weighted by atomic mass is 16.4. The van der Waals surface area contributed by atoms with Crippen molar-refractivity contribution in [3.63, 3.8) is 0 Å². The van der Waals surface area contributed by atoms with Crippen molar-refractivity contribution in [2.45, 2.75) is 19.8 Å². The van der Waals surface area contributed by atoms with E-state index in [1.54, 1.807) is 0 Å². The molecule has 0 aliphatic rings. The zero-order valence-electron chi connectivity index (χ0n) is 11.0. The van der Waals surface area contributed by atoms with Crippen LogP contribution in [0.2, 0.25) is 0 Å². The molecule has 0 aliphatic carbocycles. The van der Waals surface area contributed by atoms with E-state index in [0.717, 1.165) is 11.5 Å². The molecule has 2 heterocycles. The Bertz CT molecular complexity index is 600. The summed E-state index contributed by atoms with van der Waals surface area (Å²) in [5.74, 6) is -0.0530. The summed E-state index contributed by atoms with van der Waals surface area (Å²) >= 11 is 0. The number of nitrogens with zero attached hydrogens (tertiary/aromatic N) is 3. The average Bonchev–Trinajstić information content (AvgIpc) is 2.67. The molecular formula is C13H17N3O2. The lowest BCUT2D eigenvalue weighted by Crippen LogP contribution is -2.11. The van der Waals surface area contributed by atoms with E-state index in [4.69, 9.17) is 0 Å². The first-order valence-electron chi connectivity index (χ1n) is 5.85. The minimum absolute atomic E-state index is 0.114. The first kappa shape index (κ1) is 12.4. The van der Waals surface area contributed by atoms with E-state index in [1.807, 2.05) is 55.6 Å². The molecule has 0 spiro atoms. The molecule has 96 valence electrons. The Hall–Kier alpha value is -2.04. The van der Waals surface area contributed by atoms with Gasteiger partial charge in [0.2, 0.25) is 0 Å². The average molecular weight is 247 g/mol. The van der Waals surface area contributed by atoms with Gasteiger partial charge in [0.15, 0.2) is 5.69 Å². The van der Waals surface area contributed by atoms with Gasteiger partial charge in [-0.05, 0) is 12.1 Å². The summed E-state index contributed by atoms with van der Waals surface area (Å²) in [4.78, 5) is 17.5. The van der Waals surface area contributed by atoms with Gasteiger partial charge in [-0.25, -0.2) is 9.78 Å². The van der Waals surface area contributed by atoms with Crippen LogP contribution in [0.25, 0.3) is 5.52 Å². The SMILES string of the molecule is CC(C)c1nc(C(=O)O)c2c(N(C)C)cccn12. The highest BCUT2D eigenvalue weighted by molar-refractivity contribution is 5.98. The fourth-order valence-electron chi connectivity index (χ4n) is 2.06. The number of anilines is 1. The number of hydrogen-bond acceptors (Lipinski definition) is 3. The molecule has 0 amide bonds. The Morgan fingerprint density at radius 3 is 2.61 bits per heavy atom. The summed E-state index contributed by atoms with van der Waals surface area (Å²) in [5.41, 5.74) is 1.62. The maximum atomic E-state index is 11.3. The van der Waals surface area contributed by atoms with Crippen LogP contribution in [-0.2, 0) is 0 Å². The van der Waals surface area contributed by atoms with Crippen molar-refractivity contribution in [1.82, 2.24) is 9.38 Å². The van der Waals surface area contributed by atoms with Gasteiger partial charge in [-0.3, -0.25) is 0 Å². The van der Waals surface area contributed by atoms with Gasteiger partial charge in [0, 0.05) is 26.2 Å². The number of imidazole rings is 1. The number of hydrogen-bond donors (Lipinski definition) is 1. The quantitative estimate of drug-likeness (QED) is 0.903. The highest BCUT2D eigenvalue weighted by Crippen LogP contribution is 2.27. The molecule has 2 aromatic rings. The van der Waals surface area contributed by atoms with Gasteiger partial charge >= 0.3 is 5.97 Å². The van der Waals surface area contributed by atoms with E-state index < -0.39 is 5.97 Å². The summed E-state index contributed by atoms with van der Waals surface area (Å²) in [6, 6.07) is 3.80. The molecule has 1 N–H and O–H groups in total. The van der Waals surface area contributed by atoms with E-state index in [0.29, 0.717) is 5.52 Å². The molecular weight excluding hydrogens is 230 g/mol. The second-order valence-corrected chi connectivity index (χ2v) is 4.78. The highest BCUT2D eigenvalue weighted by Gasteiger charge is 2.21. The molecule has 0 saturated heterocycles. The summed E-state index contributed by atoms with van der Waals surface area (Å²) in [6.07, 6.45) is 1.86. The maximum Gasteiger partial charge on any atom is 0.356 e. The maximum absolute atomic E-state index is 11.3. The molecule has 0 saturated carbocycles. The van der Waals surface area contributed by atoms with Crippen molar-refractivity contribution in [1.29, 1.82) is 0 Å². The number of fused-ring (bicyclic) bond motifs is 1. The first-order chi connectivity index (χ1) is 8.43. The Morgan fingerprint density at radius 1 is 1.44 bits per heavy atom. The molecule has 0 aliphatic heterocycles. The Kier molecular flexibility index (Phi) is 2.98. The van der Waals surface area contributed by atoms with Crippen LogP contribution in [-0.4, -0.2) is 34.6 Å². The minimum atomic E-state index is -0.992. The predicted octanol–water partition coefficient (Wildman–Crippen LogP) is 2.22. The van der Waals surface area contributed by atoms with E-state index in [-0.39, 0.29) is 11.6 Å². The zero-order chi connectivity index (χ0) is 13.4. The smallest absolute Gasteiger partial charge is 0.356 e. The van der Waals surface area contributed by atoms with Gasteiger partial charge < -0.3 is 14.4 Å². The number of rotatable bonds is 3. The van der Waals surface area contributed by atoms with Crippen LogP contribution < -0.4 is 4.90 Å². The summed E-state index contributed by atoms with van der Waals surface area (Å²) < 4.78 is 1.86. The molecule has 0 bridgehead atoms. The van der Waals surface area contributed by atoms with Crippen LogP contribution in [0.1, 0.15) is 36.1 Å². The summed E-state index contributed by atoms with van der Waals surface area (Å²) in [6.45, 7) is 4.01. The van der Waals surface area contributed by atoms with E-state index >= 15 is 0 Å². The molecule has 0 aromatic carbocycles. The van der Waals surface area contributed by atoms with E-state index in [1.165, 1.54) is 0 Å². The van der Waals surface area contributed by atoms with Gasteiger partial charge in [0.05, 0.1) is 5.69 Å². The normalized spacial score (nSPS) is 11.2. The van der Waals surface area contributed by atoms with Crippen LogP contribution in [0.3, 0.4) is 0 Å². The number of aromatic carboxylic acids is 1. The van der Waals surface area contributed by atoms with Gasteiger partial charge in [-0.1, -0.05) is 13.8 Å². The van der Waals surface area contributed by atoms with Crippen molar-refractivity contribution < 1.29 is 9.90 Å². The van der Waals surface area contributed by atoms with Crippen molar-refractivity contribution >= 4 is 17.2 Å². The predicted molar refractivity (Wildman–Crippen MR) is 70.6 cm³/mol. The van der Waals surface area contributed by atoms with Crippen LogP contribution in [0.15, 0.2) is 18.3 Å². The van der Waals surface area contributed by atoms with Crippen molar-refractivity contribution in [3.05, 3.63) is 29.8 Å². The number of carboxylic acid groups (broad SMARTS) is 1. The zero-order valence-corrected chi connectivity index (χ0v) is 11.0. The van der Waals surface area contributed by atoms with Crippen LogP contribution in [0, 0.1) is 0 Å². The van der Waals surface area contributed by atoms with Crippen LogP contribution >= 0.6 is 0 Å². The van der Waals surface area contributed by atoms with Gasteiger partial charge in [0.1, 0.15) is 11.3 Å². The topological polar surface area (TPSA) is 57.8 Å². The molecule has 5 nitrogen and oxygen atoms in total. The van der Waals surface area contributed by atoms with Gasteiger partial charge in [-0.2, -0.15) is 0 Å². The monoisotopic (exact) mass is 247 g/mol. The lowest BCUT2D eigenvalue weighted by atomic mass is 10.2. The molecule has 2 rings (SSSR count). The Morgan fingerprint density at radius 2 is 2.11 bits per heavy atom. The number of carbonyl (C=O) groups is 1. The standard InChI is InChI=1S/C13H17N3O2/c1-8(2)12-14-10(13(17)18)11-9(15(3)4)6-5-7-16(11)12/h5-8H,1-4H3,(H,17,18). The fourth-order valence-corrected chi connectivity index (χ4v) is 2.06. The van der Waals surface area contributed by atoms with E-state index in [2.05, 4.69) is 4.98 Å². The molecule has 0 atom stereocenters. The number of carboxylic acids is 1. The lowest BCUT2D eigenvalue weighted by Gasteiger charge is -2.14. The van der Waals surface area contributed by atoms with Crippen molar-refractivity contribution in [2.75, 3.05) is 19.0 Å². The third-order valence-electron chi connectivity index (χ3n) is 2.87. The second-order valence-electron chi connectivity index (χ2n) is 4.78. The Balaban J connectivity index is 2.87. The molecule has 2 aromatic heterocycles. The van der Waals surface area contributed by atoms with Crippen LogP contribution in [0.5, 0.6) is 0 Å². The van der Waals surface area contributed by atoms with Crippen molar-refractivity contribution in [2.24, 2.45) is 0 Å². The third kappa shape index (κ3) is 1.81. The van der Waals surface area contributed by atoms with Crippen molar-refractivity contribution in [3.8, 4) is 0 Å². The summed E-state index contributed by atoms with van der Waals surface area (Å²) in [5, 5.41) is 9.29. The minimum Gasteiger partial charge on any atom is -0.476 e.